The van der Waals surface area contributed by atoms with E-state index in [4.69, 9.17) is 9.47 Å². The fraction of sp³-hybridized carbons (Fsp3) is 0.667. The average molecular weight is 251 g/mol. The van der Waals surface area contributed by atoms with Gasteiger partial charge in [-0.1, -0.05) is 0 Å². The van der Waals surface area contributed by atoms with Crippen molar-refractivity contribution in [1.29, 1.82) is 0 Å². The van der Waals surface area contributed by atoms with Gasteiger partial charge in [0.25, 0.3) is 0 Å². The summed E-state index contributed by atoms with van der Waals surface area (Å²) in [5.74, 6) is 0. The molecule has 2 rings (SSSR count). The van der Waals surface area contributed by atoms with Crippen LogP contribution in [0.15, 0.2) is 4.73 Å². The molecule has 1 aliphatic rings. The maximum atomic E-state index is 5.44. The third-order valence-corrected chi connectivity index (χ3v) is 2.90. The van der Waals surface area contributed by atoms with Gasteiger partial charge >= 0.3 is 0 Å². The standard InChI is InChI=1S/C6H7BrN2O2S/c7-6-8-5(12-9-6)4-3-10-1-2-11-4/h4H,1-3H2. The van der Waals surface area contributed by atoms with Gasteiger partial charge in [-0.05, 0) is 27.5 Å². The van der Waals surface area contributed by atoms with Crippen molar-refractivity contribution in [3.05, 3.63) is 9.74 Å². The molecule has 0 N–H and O–H groups in total. The molecule has 1 fully saturated rings. The van der Waals surface area contributed by atoms with Gasteiger partial charge in [-0.3, -0.25) is 0 Å². The number of aromatic nitrogens is 2. The maximum absolute atomic E-state index is 5.44. The van der Waals surface area contributed by atoms with Crippen LogP contribution in [0.5, 0.6) is 0 Å². The SMILES string of the molecule is Brc1nsc(C2COCCO2)n1. The Hall–Kier alpha value is -0.0400. The molecule has 1 aromatic heterocycles. The van der Waals surface area contributed by atoms with Crippen LogP contribution in [0, 0.1) is 0 Å². The molecule has 1 unspecified atom stereocenters. The van der Waals surface area contributed by atoms with E-state index in [0.717, 1.165) is 5.01 Å². The number of hydrogen-bond donors (Lipinski definition) is 0. The monoisotopic (exact) mass is 250 g/mol. The van der Waals surface area contributed by atoms with Crippen LogP contribution in [0.3, 0.4) is 0 Å². The van der Waals surface area contributed by atoms with Gasteiger partial charge in [-0.15, -0.1) is 0 Å². The zero-order valence-corrected chi connectivity index (χ0v) is 8.60. The smallest absolute Gasteiger partial charge is 0.209 e. The van der Waals surface area contributed by atoms with Gasteiger partial charge in [0, 0.05) is 0 Å². The van der Waals surface area contributed by atoms with E-state index in [0.29, 0.717) is 24.6 Å². The van der Waals surface area contributed by atoms with E-state index in [2.05, 4.69) is 25.3 Å². The zero-order chi connectivity index (χ0) is 8.39. The summed E-state index contributed by atoms with van der Waals surface area (Å²) in [6.45, 7) is 1.90. The van der Waals surface area contributed by atoms with Crippen LogP contribution in [-0.2, 0) is 9.47 Å². The molecular weight excluding hydrogens is 244 g/mol. The Balaban J connectivity index is 2.08. The summed E-state index contributed by atoms with van der Waals surface area (Å²) in [6.07, 6.45) is -0.0254. The Kier molecular flexibility index (Phi) is 2.69. The quantitative estimate of drug-likeness (QED) is 0.756. The largest absolute Gasteiger partial charge is 0.376 e. The predicted octanol–water partition coefficient (Wildman–Crippen LogP) is 1.39. The summed E-state index contributed by atoms with van der Waals surface area (Å²) in [5, 5.41) is 0.876. The Morgan fingerprint density at radius 1 is 1.50 bits per heavy atom. The molecule has 0 spiro atoms. The summed E-state index contributed by atoms with van der Waals surface area (Å²) < 4.78 is 15.3. The fourth-order valence-electron chi connectivity index (χ4n) is 0.977. The number of hydrogen-bond acceptors (Lipinski definition) is 5. The Morgan fingerprint density at radius 3 is 3.00 bits per heavy atom. The van der Waals surface area contributed by atoms with E-state index in [1.54, 1.807) is 0 Å². The molecule has 0 aromatic carbocycles. The van der Waals surface area contributed by atoms with Gasteiger partial charge < -0.3 is 9.47 Å². The van der Waals surface area contributed by atoms with Crippen molar-refractivity contribution in [3.8, 4) is 0 Å². The lowest BCUT2D eigenvalue weighted by molar-refractivity contribution is -0.0902. The average Bonchev–Trinajstić information content (AvgIpc) is 2.54. The molecule has 12 heavy (non-hydrogen) atoms. The summed E-state index contributed by atoms with van der Waals surface area (Å²) in [6, 6.07) is 0. The lowest BCUT2D eigenvalue weighted by Gasteiger charge is -2.20. The normalized spacial score (nSPS) is 24.2. The first-order valence-electron chi connectivity index (χ1n) is 3.55. The second-order valence-corrected chi connectivity index (χ2v) is 3.83. The summed E-state index contributed by atoms with van der Waals surface area (Å²) >= 11 is 4.53. The third-order valence-electron chi connectivity index (χ3n) is 1.51. The van der Waals surface area contributed by atoms with Crippen LogP contribution in [0.4, 0.5) is 0 Å². The molecule has 0 aliphatic carbocycles. The highest BCUT2D eigenvalue weighted by atomic mass is 79.9. The number of halogens is 1. The van der Waals surface area contributed by atoms with Gasteiger partial charge in [-0.2, -0.15) is 4.37 Å². The molecule has 2 heterocycles. The van der Waals surface area contributed by atoms with Gasteiger partial charge in [0.1, 0.15) is 11.1 Å². The second kappa shape index (κ2) is 3.78. The molecule has 1 aliphatic heterocycles. The molecule has 0 saturated carbocycles. The number of ether oxygens (including phenoxy) is 2. The van der Waals surface area contributed by atoms with Crippen LogP contribution >= 0.6 is 27.5 Å². The van der Waals surface area contributed by atoms with Crippen LogP contribution in [-0.4, -0.2) is 29.2 Å². The molecular formula is C6H7BrN2O2S. The predicted molar refractivity (Wildman–Crippen MR) is 47.1 cm³/mol. The zero-order valence-electron chi connectivity index (χ0n) is 6.20. The highest BCUT2D eigenvalue weighted by Crippen LogP contribution is 2.23. The van der Waals surface area contributed by atoms with Crippen molar-refractivity contribution in [3.63, 3.8) is 0 Å². The molecule has 1 atom stereocenters. The first kappa shape index (κ1) is 8.55. The molecule has 0 radical (unpaired) electrons. The van der Waals surface area contributed by atoms with E-state index < -0.39 is 0 Å². The van der Waals surface area contributed by atoms with Crippen molar-refractivity contribution in [2.24, 2.45) is 0 Å². The van der Waals surface area contributed by atoms with Crippen LogP contribution in [0.2, 0.25) is 0 Å². The van der Waals surface area contributed by atoms with Gasteiger partial charge in [0.15, 0.2) is 0 Å². The van der Waals surface area contributed by atoms with Gasteiger partial charge in [0.2, 0.25) is 4.73 Å². The summed E-state index contributed by atoms with van der Waals surface area (Å²) in [7, 11) is 0. The molecule has 4 nitrogen and oxygen atoms in total. The molecule has 0 amide bonds. The van der Waals surface area contributed by atoms with Gasteiger partial charge in [-0.25, -0.2) is 4.98 Å². The first-order chi connectivity index (χ1) is 5.86. The maximum Gasteiger partial charge on any atom is 0.209 e. The van der Waals surface area contributed by atoms with E-state index in [1.807, 2.05) is 0 Å². The highest BCUT2D eigenvalue weighted by molar-refractivity contribution is 9.10. The molecule has 6 heteroatoms. The molecule has 1 aromatic rings. The summed E-state index contributed by atoms with van der Waals surface area (Å²) in [4.78, 5) is 4.15. The minimum atomic E-state index is -0.0254. The first-order valence-corrected chi connectivity index (χ1v) is 5.11. The third kappa shape index (κ3) is 1.82. The lowest BCUT2D eigenvalue weighted by atomic mass is 10.4. The van der Waals surface area contributed by atoms with Crippen molar-refractivity contribution in [2.45, 2.75) is 6.10 Å². The van der Waals surface area contributed by atoms with E-state index >= 15 is 0 Å². The van der Waals surface area contributed by atoms with Crippen molar-refractivity contribution in [2.75, 3.05) is 19.8 Å². The topological polar surface area (TPSA) is 44.2 Å². The minimum Gasteiger partial charge on any atom is -0.376 e. The molecule has 1 saturated heterocycles. The van der Waals surface area contributed by atoms with Crippen molar-refractivity contribution in [1.82, 2.24) is 9.36 Å². The van der Waals surface area contributed by atoms with E-state index in [1.165, 1.54) is 11.5 Å². The van der Waals surface area contributed by atoms with Crippen molar-refractivity contribution < 1.29 is 9.47 Å². The highest BCUT2D eigenvalue weighted by Gasteiger charge is 2.20. The Labute approximate surface area is 82.2 Å². The molecule has 0 bridgehead atoms. The van der Waals surface area contributed by atoms with Crippen LogP contribution in [0.1, 0.15) is 11.1 Å². The second-order valence-electron chi connectivity index (χ2n) is 2.34. The fourth-order valence-corrected chi connectivity index (χ4v) is 2.09. The van der Waals surface area contributed by atoms with Crippen LogP contribution in [0.25, 0.3) is 0 Å². The number of rotatable bonds is 1. The van der Waals surface area contributed by atoms with Crippen molar-refractivity contribution >= 4 is 27.5 Å². The number of nitrogens with zero attached hydrogens (tertiary/aromatic N) is 2. The van der Waals surface area contributed by atoms with Gasteiger partial charge in [0.05, 0.1) is 19.8 Å². The Bertz CT molecular complexity index is 262. The van der Waals surface area contributed by atoms with E-state index in [9.17, 15) is 0 Å². The Morgan fingerprint density at radius 2 is 2.42 bits per heavy atom. The summed E-state index contributed by atoms with van der Waals surface area (Å²) in [5.41, 5.74) is 0. The lowest BCUT2D eigenvalue weighted by Crippen LogP contribution is -2.21. The minimum absolute atomic E-state index is 0.0254. The van der Waals surface area contributed by atoms with E-state index in [-0.39, 0.29) is 6.10 Å². The molecule has 66 valence electrons. The van der Waals surface area contributed by atoms with Crippen LogP contribution < -0.4 is 0 Å².